The first-order valence-electron chi connectivity index (χ1n) is 8.77. The Kier molecular flexibility index (Phi) is 5.03. The molecule has 0 saturated carbocycles. The normalized spacial score (nSPS) is 19.7. The summed E-state index contributed by atoms with van der Waals surface area (Å²) < 4.78 is 0. The second kappa shape index (κ2) is 7.23. The average Bonchev–Trinajstić information content (AvgIpc) is 3.06. The number of ketones is 1. The molecule has 0 bridgehead atoms. The lowest BCUT2D eigenvalue weighted by atomic mass is 10.1. The number of hydrogen-bond donors (Lipinski definition) is 2. The van der Waals surface area contributed by atoms with E-state index in [4.69, 9.17) is 0 Å². The first-order valence-corrected chi connectivity index (χ1v) is 8.77. The first kappa shape index (κ1) is 17.4. The molecule has 2 aliphatic heterocycles. The number of urea groups is 1. The molecule has 7 heteroatoms. The number of anilines is 1. The van der Waals surface area contributed by atoms with Gasteiger partial charge in [0.1, 0.15) is 0 Å². The number of piperazine rings is 1. The Balaban J connectivity index is 1.56. The summed E-state index contributed by atoms with van der Waals surface area (Å²) in [5, 5.41) is 2.67. The Morgan fingerprint density at radius 3 is 2.28 bits per heavy atom. The summed E-state index contributed by atoms with van der Waals surface area (Å²) in [6.07, 6.45) is 0. The van der Waals surface area contributed by atoms with Crippen LogP contribution < -0.4 is 15.1 Å². The minimum Gasteiger partial charge on any atom is -0.360 e. The van der Waals surface area contributed by atoms with Gasteiger partial charge in [-0.3, -0.25) is 14.5 Å². The molecule has 0 unspecified atom stereocenters. The van der Waals surface area contributed by atoms with Gasteiger partial charge in [-0.1, -0.05) is 0 Å². The van der Waals surface area contributed by atoms with E-state index >= 15 is 0 Å². The standard InChI is InChI=1S/C18H24N4O3/c1-13(17(24)22-8-7-19-18(22)25)20-9-11-21(12-10-20)16-5-3-15(4-6-16)14(2)23/h3-6,13H,7-12H2,1-2H3,(H,19,25)/p+1/t13-/m1/s1. The molecule has 2 fully saturated rings. The van der Waals surface area contributed by atoms with Crippen molar-refractivity contribution in [1.82, 2.24) is 10.2 Å². The van der Waals surface area contributed by atoms with Crippen molar-refractivity contribution in [3.05, 3.63) is 29.8 Å². The highest BCUT2D eigenvalue weighted by Gasteiger charge is 2.36. The minimum atomic E-state index is -0.277. The summed E-state index contributed by atoms with van der Waals surface area (Å²) >= 11 is 0. The summed E-state index contributed by atoms with van der Waals surface area (Å²) in [5.74, 6) is -0.0247. The van der Waals surface area contributed by atoms with Crippen molar-refractivity contribution >= 4 is 23.4 Å². The topological polar surface area (TPSA) is 74.2 Å². The number of carbonyl (C=O) groups is 3. The number of nitrogens with zero attached hydrogens (tertiary/aromatic N) is 2. The first-order chi connectivity index (χ1) is 12.0. The molecule has 2 heterocycles. The van der Waals surface area contributed by atoms with Crippen LogP contribution in [0.25, 0.3) is 0 Å². The summed E-state index contributed by atoms with van der Waals surface area (Å²) in [4.78, 5) is 40.3. The Morgan fingerprint density at radius 2 is 1.76 bits per heavy atom. The average molecular weight is 345 g/mol. The second-order valence-corrected chi connectivity index (χ2v) is 6.69. The molecule has 25 heavy (non-hydrogen) atoms. The van der Waals surface area contributed by atoms with Crippen LogP contribution in [0.2, 0.25) is 0 Å². The van der Waals surface area contributed by atoms with Crippen LogP contribution in [0.4, 0.5) is 10.5 Å². The lowest BCUT2D eigenvalue weighted by Crippen LogP contribution is -3.19. The van der Waals surface area contributed by atoms with Gasteiger partial charge in [-0.2, -0.15) is 0 Å². The van der Waals surface area contributed by atoms with E-state index in [0.29, 0.717) is 13.1 Å². The zero-order valence-electron chi connectivity index (χ0n) is 14.7. The fourth-order valence-corrected chi connectivity index (χ4v) is 3.48. The number of Topliss-reactive ketones (excluding diaryl/α,β-unsaturated/α-hetero) is 1. The van der Waals surface area contributed by atoms with Crippen molar-refractivity contribution in [3.63, 3.8) is 0 Å². The predicted octanol–water partition coefficient (Wildman–Crippen LogP) is -0.466. The van der Waals surface area contributed by atoms with E-state index in [-0.39, 0.29) is 23.8 Å². The lowest BCUT2D eigenvalue weighted by molar-refractivity contribution is -0.915. The van der Waals surface area contributed by atoms with Gasteiger partial charge in [-0.15, -0.1) is 0 Å². The van der Waals surface area contributed by atoms with Crippen molar-refractivity contribution < 1.29 is 19.3 Å². The van der Waals surface area contributed by atoms with Gasteiger partial charge in [0.15, 0.2) is 11.8 Å². The Bertz CT molecular complexity index is 665. The monoisotopic (exact) mass is 345 g/mol. The van der Waals surface area contributed by atoms with Gasteiger partial charge >= 0.3 is 6.03 Å². The summed E-state index contributed by atoms with van der Waals surface area (Å²) in [6.45, 7) is 7.85. The summed E-state index contributed by atoms with van der Waals surface area (Å²) in [6, 6.07) is 7.17. The fraction of sp³-hybridized carbons (Fsp3) is 0.500. The Morgan fingerprint density at radius 1 is 1.12 bits per heavy atom. The van der Waals surface area contributed by atoms with E-state index in [2.05, 4.69) is 10.2 Å². The number of nitrogens with one attached hydrogen (secondary N) is 2. The highest BCUT2D eigenvalue weighted by atomic mass is 16.2. The van der Waals surface area contributed by atoms with Crippen LogP contribution in [0.1, 0.15) is 24.2 Å². The number of carbonyl (C=O) groups excluding carboxylic acids is 3. The molecule has 0 spiro atoms. The fourth-order valence-electron chi connectivity index (χ4n) is 3.48. The molecule has 0 radical (unpaired) electrons. The van der Waals surface area contributed by atoms with Crippen LogP contribution in [0.3, 0.4) is 0 Å². The molecule has 2 saturated heterocycles. The van der Waals surface area contributed by atoms with Crippen LogP contribution in [-0.4, -0.2) is 67.9 Å². The molecule has 3 amide bonds. The third-order valence-electron chi connectivity index (χ3n) is 5.15. The maximum Gasteiger partial charge on any atom is 0.324 e. The van der Waals surface area contributed by atoms with Gasteiger partial charge in [0, 0.05) is 24.3 Å². The Hall–Kier alpha value is -2.41. The van der Waals surface area contributed by atoms with Crippen molar-refractivity contribution in [3.8, 4) is 0 Å². The molecular weight excluding hydrogens is 320 g/mol. The molecule has 7 nitrogen and oxygen atoms in total. The zero-order chi connectivity index (χ0) is 18.0. The summed E-state index contributed by atoms with van der Waals surface area (Å²) in [7, 11) is 0. The number of hydrogen-bond acceptors (Lipinski definition) is 4. The van der Waals surface area contributed by atoms with E-state index in [1.807, 2.05) is 31.2 Å². The molecule has 2 aliphatic rings. The Labute approximate surface area is 147 Å². The smallest absolute Gasteiger partial charge is 0.324 e. The highest BCUT2D eigenvalue weighted by molar-refractivity contribution is 5.97. The number of amides is 3. The number of benzene rings is 1. The summed E-state index contributed by atoms with van der Waals surface area (Å²) in [5.41, 5.74) is 1.82. The van der Waals surface area contributed by atoms with Crippen LogP contribution >= 0.6 is 0 Å². The maximum absolute atomic E-state index is 12.5. The molecule has 1 aromatic rings. The van der Waals surface area contributed by atoms with Gasteiger partial charge in [-0.25, -0.2) is 4.79 Å². The maximum atomic E-state index is 12.5. The molecule has 134 valence electrons. The van der Waals surface area contributed by atoms with Gasteiger partial charge in [0.2, 0.25) is 0 Å². The van der Waals surface area contributed by atoms with Gasteiger partial charge in [0.05, 0.1) is 26.2 Å². The molecule has 0 aromatic heterocycles. The number of imide groups is 1. The van der Waals surface area contributed by atoms with Gasteiger partial charge in [-0.05, 0) is 38.1 Å². The van der Waals surface area contributed by atoms with E-state index in [1.165, 1.54) is 9.80 Å². The van der Waals surface area contributed by atoms with E-state index in [1.54, 1.807) is 6.92 Å². The van der Waals surface area contributed by atoms with Crippen molar-refractivity contribution in [2.45, 2.75) is 19.9 Å². The van der Waals surface area contributed by atoms with Crippen LogP contribution in [0.15, 0.2) is 24.3 Å². The van der Waals surface area contributed by atoms with E-state index < -0.39 is 0 Å². The zero-order valence-corrected chi connectivity index (χ0v) is 14.7. The van der Waals surface area contributed by atoms with Crippen LogP contribution in [0, 0.1) is 0 Å². The second-order valence-electron chi connectivity index (χ2n) is 6.69. The molecule has 2 N–H and O–H groups in total. The van der Waals surface area contributed by atoms with Crippen LogP contribution in [0.5, 0.6) is 0 Å². The number of quaternary nitrogens is 1. The van der Waals surface area contributed by atoms with E-state index in [0.717, 1.165) is 37.4 Å². The quantitative estimate of drug-likeness (QED) is 0.724. The third-order valence-corrected chi connectivity index (χ3v) is 5.15. The van der Waals surface area contributed by atoms with Gasteiger partial charge in [0.25, 0.3) is 5.91 Å². The molecule has 3 rings (SSSR count). The molecule has 0 aliphatic carbocycles. The third kappa shape index (κ3) is 3.66. The molecule has 1 atom stereocenters. The molecule has 1 aromatic carbocycles. The SMILES string of the molecule is CC(=O)c1ccc(N2CC[NH+]([C@H](C)C(=O)N3CCNC3=O)CC2)cc1. The van der Waals surface area contributed by atoms with Crippen molar-refractivity contribution in [1.29, 1.82) is 0 Å². The van der Waals surface area contributed by atoms with Crippen molar-refractivity contribution in [2.75, 3.05) is 44.2 Å². The largest absolute Gasteiger partial charge is 0.360 e. The van der Waals surface area contributed by atoms with Gasteiger partial charge < -0.3 is 15.1 Å². The lowest BCUT2D eigenvalue weighted by Gasteiger charge is -2.36. The number of rotatable bonds is 4. The minimum absolute atomic E-state index is 0.0686. The van der Waals surface area contributed by atoms with E-state index in [9.17, 15) is 14.4 Å². The molecular formula is C18H25N4O3+. The van der Waals surface area contributed by atoms with Crippen LogP contribution in [-0.2, 0) is 4.79 Å². The predicted molar refractivity (Wildman–Crippen MR) is 93.9 cm³/mol. The highest BCUT2D eigenvalue weighted by Crippen LogP contribution is 2.15. The van der Waals surface area contributed by atoms with Crippen molar-refractivity contribution in [2.24, 2.45) is 0 Å².